The molecule has 0 bridgehead atoms. The van der Waals surface area contributed by atoms with Gasteiger partial charge in [-0.05, 0) is 24.6 Å². The summed E-state index contributed by atoms with van der Waals surface area (Å²) in [6.07, 6.45) is 1.81. The number of halogens is 1. The fraction of sp³-hybridized carbons (Fsp3) is 0.267. The van der Waals surface area contributed by atoms with Crippen LogP contribution >= 0.6 is 11.6 Å². The summed E-state index contributed by atoms with van der Waals surface area (Å²) in [6.45, 7) is 2.56. The molecule has 1 heterocycles. The first-order chi connectivity index (χ1) is 9.65. The highest BCUT2D eigenvalue weighted by molar-refractivity contribution is 6.30. The van der Waals surface area contributed by atoms with Crippen LogP contribution in [0.15, 0.2) is 35.1 Å². The van der Waals surface area contributed by atoms with E-state index in [1.807, 2.05) is 25.1 Å². The first-order valence-corrected chi connectivity index (χ1v) is 6.81. The molecule has 0 N–H and O–H groups in total. The lowest BCUT2D eigenvalue weighted by Crippen LogP contribution is -2.25. The summed E-state index contributed by atoms with van der Waals surface area (Å²) >= 11 is 5.85. The van der Waals surface area contributed by atoms with Crippen LogP contribution in [0.3, 0.4) is 0 Å². The number of nitriles is 1. The molecule has 0 fully saturated rings. The van der Waals surface area contributed by atoms with Crippen molar-refractivity contribution in [1.29, 1.82) is 5.26 Å². The molecule has 102 valence electrons. The molecule has 0 saturated heterocycles. The lowest BCUT2D eigenvalue weighted by Gasteiger charge is -2.07. The van der Waals surface area contributed by atoms with Crippen LogP contribution < -0.4 is 5.56 Å². The van der Waals surface area contributed by atoms with Gasteiger partial charge in [-0.15, -0.1) is 0 Å². The van der Waals surface area contributed by atoms with E-state index in [1.165, 1.54) is 10.7 Å². The number of aryl methyl sites for hydroxylation is 1. The lowest BCUT2D eigenvalue weighted by molar-refractivity contribution is 0.544. The number of hydrogen-bond donors (Lipinski definition) is 0. The Bertz CT molecular complexity index is 699. The summed E-state index contributed by atoms with van der Waals surface area (Å²) in [5.74, 6) is 0. The third kappa shape index (κ3) is 3.06. The molecule has 0 aliphatic carbocycles. The van der Waals surface area contributed by atoms with Crippen molar-refractivity contribution in [3.05, 3.63) is 51.3 Å². The maximum absolute atomic E-state index is 12.0. The molecule has 4 nitrogen and oxygen atoms in total. The van der Waals surface area contributed by atoms with Gasteiger partial charge in [0.15, 0.2) is 0 Å². The molecule has 0 unspecified atom stereocenters. The minimum atomic E-state index is -0.335. The number of hydrogen-bond acceptors (Lipinski definition) is 3. The highest BCUT2D eigenvalue weighted by atomic mass is 35.5. The predicted octanol–water partition coefficient (Wildman–Crippen LogP) is 3.24. The fourth-order valence-electron chi connectivity index (χ4n) is 1.84. The predicted molar refractivity (Wildman–Crippen MR) is 78.6 cm³/mol. The van der Waals surface area contributed by atoms with Crippen molar-refractivity contribution >= 4 is 11.6 Å². The zero-order valence-corrected chi connectivity index (χ0v) is 11.9. The first-order valence-electron chi connectivity index (χ1n) is 6.44. The summed E-state index contributed by atoms with van der Waals surface area (Å²) in [5, 5.41) is 14.0. The summed E-state index contributed by atoms with van der Waals surface area (Å²) in [5.41, 5.74) is 1.21. The Balaban J connectivity index is 2.51. The molecule has 1 aromatic carbocycles. The summed E-state index contributed by atoms with van der Waals surface area (Å²) in [7, 11) is 0. The van der Waals surface area contributed by atoms with E-state index in [4.69, 9.17) is 16.9 Å². The van der Waals surface area contributed by atoms with Crippen LogP contribution in [0.2, 0.25) is 5.02 Å². The summed E-state index contributed by atoms with van der Waals surface area (Å²) < 4.78 is 1.37. The summed E-state index contributed by atoms with van der Waals surface area (Å²) in [6, 6.07) is 10.6. The van der Waals surface area contributed by atoms with Gasteiger partial charge in [0.05, 0.1) is 5.69 Å². The van der Waals surface area contributed by atoms with E-state index in [2.05, 4.69) is 5.10 Å². The zero-order chi connectivity index (χ0) is 14.5. The molecule has 0 aliphatic rings. The van der Waals surface area contributed by atoms with Gasteiger partial charge in [-0.3, -0.25) is 4.79 Å². The van der Waals surface area contributed by atoms with Crippen molar-refractivity contribution in [3.63, 3.8) is 0 Å². The van der Waals surface area contributed by atoms with Gasteiger partial charge in [0, 0.05) is 17.1 Å². The number of benzene rings is 1. The van der Waals surface area contributed by atoms with E-state index in [9.17, 15) is 4.79 Å². The Morgan fingerprint density at radius 3 is 2.65 bits per heavy atom. The minimum Gasteiger partial charge on any atom is -0.266 e. The third-order valence-electron chi connectivity index (χ3n) is 2.96. The third-order valence-corrected chi connectivity index (χ3v) is 3.21. The molecule has 5 heteroatoms. The molecule has 0 radical (unpaired) electrons. The SMILES string of the molecule is CCCCn1nc(-c2ccc(Cl)cc2)cc(C#N)c1=O. The maximum atomic E-state index is 12.0. The van der Waals surface area contributed by atoms with Gasteiger partial charge < -0.3 is 0 Å². The Hall–Kier alpha value is -2.12. The fourth-order valence-corrected chi connectivity index (χ4v) is 1.97. The summed E-state index contributed by atoms with van der Waals surface area (Å²) in [4.78, 5) is 12.0. The Kier molecular flexibility index (Phi) is 4.54. The largest absolute Gasteiger partial charge is 0.284 e. The first kappa shape index (κ1) is 14.3. The smallest absolute Gasteiger partial charge is 0.266 e. The van der Waals surface area contributed by atoms with Gasteiger partial charge in [-0.2, -0.15) is 10.4 Å². The Labute approximate surface area is 122 Å². The van der Waals surface area contributed by atoms with Crippen molar-refractivity contribution in [2.45, 2.75) is 26.3 Å². The van der Waals surface area contributed by atoms with Crippen LogP contribution in [-0.2, 0) is 6.54 Å². The van der Waals surface area contributed by atoms with E-state index in [1.54, 1.807) is 12.1 Å². The normalized spacial score (nSPS) is 10.2. The van der Waals surface area contributed by atoms with Crippen LogP contribution in [0.25, 0.3) is 11.3 Å². The Morgan fingerprint density at radius 2 is 2.05 bits per heavy atom. The van der Waals surface area contributed by atoms with Gasteiger partial charge >= 0.3 is 0 Å². The van der Waals surface area contributed by atoms with Crippen LogP contribution in [0, 0.1) is 11.3 Å². The van der Waals surface area contributed by atoms with Crippen LogP contribution in [0.1, 0.15) is 25.3 Å². The van der Waals surface area contributed by atoms with E-state index < -0.39 is 0 Å². The quantitative estimate of drug-likeness (QED) is 0.867. The topological polar surface area (TPSA) is 58.7 Å². The van der Waals surface area contributed by atoms with Crippen molar-refractivity contribution in [2.75, 3.05) is 0 Å². The molecule has 0 saturated carbocycles. The molecule has 20 heavy (non-hydrogen) atoms. The van der Waals surface area contributed by atoms with Gasteiger partial charge in [-0.1, -0.05) is 37.1 Å². The highest BCUT2D eigenvalue weighted by Crippen LogP contribution is 2.19. The molecule has 0 amide bonds. The monoisotopic (exact) mass is 287 g/mol. The second-order valence-corrected chi connectivity index (χ2v) is 4.88. The highest BCUT2D eigenvalue weighted by Gasteiger charge is 2.09. The molecule has 2 aromatic rings. The van der Waals surface area contributed by atoms with Crippen LogP contribution in [0.5, 0.6) is 0 Å². The van der Waals surface area contributed by atoms with Crippen LogP contribution in [-0.4, -0.2) is 9.78 Å². The average Bonchev–Trinajstić information content (AvgIpc) is 2.47. The number of aromatic nitrogens is 2. The molecule has 2 rings (SSSR count). The van der Waals surface area contributed by atoms with Gasteiger partial charge in [0.2, 0.25) is 0 Å². The number of nitrogens with zero attached hydrogens (tertiary/aromatic N) is 3. The molecule has 0 aliphatic heterocycles. The molecule has 0 spiro atoms. The molecular formula is C15H14ClN3O. The van der Waals surface area contributed by atoms with Crippen molar-refractivity contribution < 1.29 is 0 Å². The second kappa shape index (κ2) is 6.36. The van der Waals surface area contributed by atoms with E-state index >= 15 is 0 Å². The standard InChI is InChI=1S/C15H14ClN3O/c1-2-3-8-19-15(20)12(10-17)9-14(18-19)11-4-6-13(16)7-5-11/h4-7,9H,2-3,8H2,1H3. The van der Waals surface area contributed by atoms with Gasteiger partial charge in [-0.25, -0.2) is 4.68 Å². The van der Waals surface area contributed by atoms with Crippen molar-refractivity contribution in [2.24, 2.45) is 0 Å². The van der Waals surface area contributed by atoms with E-state index in [0.29, 0.717) is 17.3 Å². The average molecular weight is 288 g/mol. The molecule has 0 atom stereocenters. The maximum Gasteiger partial charge on any atom is 0.284 e. The van der Waals surface area contributed by atoms with Crippen molar-refractivity contribution in [3.8, 4) is 17.3 Å². The molecular weight excluding hydrogens is 274 g/mol. The van der Waals surface area contributed by atoms with Gasteiger partial charge in [0.25, 0.3) is 5.56 Å². The van der Waals surface area contributed by atoms with E-state index in [0.717, 1.165) is 18.4 Å². The van der Waals surface area contributed by atoms with Crippen molar-refractivity contribution in [1.82, 2.24) is 9.78 Å². The van der Waals surface area contributed by atoms with E-state index in [-0.39, 0.29) is 11.1 Å². The minimum absolute atomic E-state index is 0.112. The van der Waals surface area contributed by atoms with Crippen LogP contribution in [0.4, 0.5) is 0 Å². The number of unbranched alkanes of at least 4 members (excludes halogenated alkanes) is 1. The lowest BCUT2D eigenvalue weighted by atomic mass is 10.1. The second-order valence-electron chi connectivity index (χ2n) is 4.44. The Morgan fingerprint density at radius 1 is 1.35 bits per heavy atom. The van der Waals surface area contributed by atoms with Gasteiger partial charge in [0.1, 0.15) is 11.6 Å². The zero-order valence-electron chi connectivity index (χ0n) is 11.1. The number of rotatable bonds is 4. The molecule has 1 aromatic heterocycles.